The summed E-state index contributed by atoms with van der Waals surface area (Å²) in [6, 6.07) is 7.23. The Hall–Kier alpha value is -2.33. The Kier molecular flexibility index (Phi) is 9.02. The molecule has 2 atom stereocenters. The molecule has 1 amide bonds. The van der Waals surface area contributed by atoms with E-state index in [0.29, 0.717) is 17.9 Å². The molecule has 6 nitrogen and oxygen atoms in total. The molecule has 1 aromatic rings. The van der Waals surface area contributed by atoms with Crippen LogP contribution in [-0.4, -0.2) is 58.9 Å². The zero-order chi connectivity index (χ0) is 20.4. The number of carbonyl (C=O) groups is 2. The maximum Gasteiger partial charge on any atom is 0.329 e. The van der Waals surface area contributed by atoms with Crippen molar-refractivity contribution in [2.45, 2.75) is 37.8 Å². The van der Waals surface area contributed by atoms with Crippen LogP contribution in [0.2, 0.25) is 5.02 Å². The molecule has 1 saturated heterocycles. The first kappa shape index (κ1) is 22.0. The van der Waals surface area contributed by atoms with Gasteiger partial charge in [-0.3, -0.25) is 4.79 Å². The highest BCUT2D eigenvalue weighted by molar-refractivity contribution is 6.30. The second-order valence-electron chi connectivity index (χ2n) is 6.51. The minimum absolute atomic E-state index is 0.00713. The van der Waals surface area contributed by atoms with E-state index in [0.717, 1.165) is 18.4 Å². The largest absolute Gasteiger partial charge is 0.480 e. The highest BCUT2D eigenvalue weighted by Gasteiger charge is 2.25. The molecule has 2 N–H and O–H groups in total. The number of hydrogen-bond acceptors (Lipinski definition) is 4. The van der Waals surface area contributed by atoms with Crippen LogP contribution in [0.5, 0.6) is 0 Å². The van der Waals surface area contributed by atoms with Crippen LogP contribution in [0.3, 0.4) is 0 Å². The molecule has 1 aliphatic heterocycles. The number of ether oxygens (including phenoxy) is 1. The average molecular weight is 406 g/mol. The molecule has 0 spiro atoms. The maximum atomic E-state index is 12.2. The van der Waals surface area contributed by atoms with E-state index < -0.39 is 18.7 Å². The van der Waals surface area contributed by atoms with E-state index >= 15 is 0 Å². The van der Waals surface area contributed by atoms with Crippen LogP contribution in [0.4, 0.5) is 0 Å². The third kappa shape index (κ3) is 7.73. The van der Waals surface area contributed by atoms with Crippen molar-refractivity contribution in [1.82, 2.24) is 4.90 Å². The molecular formula is C21H24ClNO5. The van der Waals surface area contributed by atoms with Crippen LogP contribution in [0.15, 0.2) is 36.4 Å². The van der Waals surface area contributed by atoms with Crippen LogP contribution < -0.4 is 0 Å². The molecule has 1 aliphatic rings. The van der Waals surface area contributed by atoms with Crippen LogP contribution in [0.25, 0.3) is 0 Å². The molecule has 0 radical (unpaired) electrons. The van der Waals surface area contributed by atoms with E-state index in [4.69, 9.17) is 21.4 Å². The quantitative estimate of drug-likeness (QED) is 0.393. The Balaban J connectivity index is 1.89. The van der Waals surface area contributed by atoms with Crippen molar-refractivity contribution < 1.29 is 24.5 Å². The first-order chi connectivity index (χ1) is 13.5. The van der Waals surface area contributed by atoms with Gasteiger partial charge in [-0.2, -0.15) is 0 Å². The number of halogens is 1. The summed E-state index contributed by atoms with van der Waals surface area (Å²) in [6.07, 6.45) is 5.42. The summed E-state index contributed by atoms with van der Waals surface area (Å²) < 4.78 is 4.85. The van der Waals surface area contributed by atoms with E-state index in [2.05, 4.69) is 11.8 Å². The predicted octanol–water partition coefficient (Wildman–Crippen LogP) is 2.29. The van der Waals surface area contributed by atoms with Gasteiger partial charge in [0.1, 0.15) is 13.2 Å². The second-order valence-corrected chi connectivity index (χ2v) is 6.94. The molecule has 28 heavy (non-hydrogen) atoms. The zero-order valence-electron chi connectivity index (χ0n) is 15.5. The van der Waals surface area contributed by atoms with Gasteiger partial charge in [0.15, 0.2) is 0 Å². The SMILES string of the molecule is O=C(O)COCC#CCN1C(=O)CCC[C@@H]1C=CC(O)Cc1cccc(Cl)c1. The normalized spacial score (nSPS) is 18.0. The fourth-order valence-electron chi connectivity index (χ4n) is 2.96. The smallest absolute Gasteiger partial charge is 0.329 e. The van der Waals surface area contributed by atoms with Crippen molar-refractivity contribution in [3.05, 3.63) is 47.0 Å². The van der Waals surface area contributed by atoms with E-state index in [9.17, 15) is 14.7 Å². The number of benzene rings is 1. The number of carbonyl (C=O) groups excluding carboxylic acids is 1. The van der Waals surface area contributed by atoms with Crippen molar-refractivity contribution in [2.24, 2.45) is 0 Å². The maximum absolute atomic E-state index is 12.2. The summed E-state index contributed by atoms with van der Waals surface area (Å²) in [7, 11) is 0. The summed E-state index contributed by atoms with van der Waals surface area (Å²) in [4.78, 5) is 24.3. The van der Waals surface area contributed by atoms with Gasteiger partial charge in [-0.15, -0.1) is 0 Å². The lowest BCUT2D eigenvalue weighted by Crippen LogP contribution is -2.42. The van der Waals surface area contributed by atoms with E-state index in [1.807, 2.05) is 24.3 Å². The van der Waals surface area contributed by atoms with Crippen LogP contribution in [0.1, 0.15) is 24.8 Å². The molecule has 1 aromatic carbocycles. The molecule has 7 heteroatoms. The van der Waals surface area contributed by atoms with Crippen molar-refractivity contribution in [3.63, 3.8) is 0 Å². The molecule has 1 heterocycles. The van der Waals surface area contributed by atoms with E-state index in [1.54, 1.807) is 17.0 Å². The van der Waals surface area contributed by atoms with Gasteiger partial charge in [0.2, 0.25) is 5.91 Å². The third-order valence-electron chi connectivity index (χ3n) is 4.27. The van der Waals surface area contributed by atoms with Crippen molar-refractivity contribution in [2.75, 3.05) is 19.8 Å². The summed E-state index contributed by atoms with van der Waals surface area (Å²) >= 11 is 5.96. The summed E-state index contributed by atoms with van der Waals surface area (Å²) in [5.41, 5.74) is 0.938. The summed E-state index contributed by atoms with van der Waals surface area (Å²) in [5, 5.41) is 19.4. The van der Waals surface area contributed by atoms with Gasteiger partial charge in [0.25, 0.3) is 0 Å². The van der Waals surface area contributed by atoms with Gasteiger partial charge in [-0.05, 0) is 30.5 Å². The number of aliphatic hydroxyl groups excluding tert-OH is 1. The third-order valence-corrected chi connectivity index (χ3v) is 4.51. The van der Waals surface area contributed by atoms with E-state index in [1.165, 1.54) is 0 Å². The number of rotatable bonds is 8. The Morgan fingerprint density at radius 2 is 2.25 bits per heavy atom. The fourth-order valence-corrected chi connectivity index (χ4v) is 3.18. The monoisotopic (exact) mass is 405 g/mol. The first-order valence-electron chi connectivity index (χ1n) is 9.11. The highest BCUT2D eigenvalue weighted by Crippen LogP contribution is 2.19. The number of amides is 1. The topological polar surface area (TPSA) is 87.1 Å². The van der Waals surface area contributed by atoms with Gasteiger partial charge < -0.3 is 19.8 Å². The first-order valence-corrected chi connectivity index (χ1v) is 9.49. The lowest BCUT2D eigenvalue weighted by molar-refractivity contribution is -0.141. The number of likely N-dealkylation sites (tertiary alicyclic amines) is 1. The molecule has 0 aromatic heterocycles. The minimum atomic E-state index is -1.05. The lowest BCUT2D eigenvalue weighted by atomic mass is 9.99. The van der Waals surface area contributed by atoms with Gasteiger partial charge in [0.05, 0.1) is 18.7 Å². The number of carboxylic acid groups (broad SMARTS) is 1. The standard InChI is InChI=1S/C21H24ClNO5/c22-17-6-3-5-16(13-17)14-19(24)10-9-18-7-4-8-20(25)23(18)11-1-2-12-28-15-21(26)27/h3,5-6,9-10,13,18-19,24H,4,7-8,11-12,14-15H2,(H,26,27)/t18-,19?/m1/s1. The van der Waals surface area contributed by atoms with Crippen LogP contribution in [-0.2, 0) is 20.7 Å². The van der Waals surface area contributed by atoms with Crippen LogP contribution >= 0.6 is 11.6 Å². The van der Waals surface area contributed by atoms with Crippen molar-refractivity contribution >= 4 is 23.5 Å². The van der Waals surface area contributed by atoms with Crippen LogP contribution in [0, 0.1) is 11.8 Å². The molecule has 2 rings (SSSR count). The number of hydrogen-bond donors (Lipinski definition) is 2. The molecule has 1 fully saturated rings. The number of aliphatic hydroxyl groups is 1. The summed E-state index contributed by atoms with van der Waals surface area (Å²) in [5.74, 6) is 4.54. The Bertz CT molecular complexity index is 768. The van der Waals surface area contributed by atoms with Gasteiger partial charge in [-0.1, -0.05) is 47.7 Å². The minimum Gasteiger partial charge on any atom is -0.480 e. The van der Waals surface area contributed by atoms with Gasteiger partial charge in [-0.25, -0.2) is 4.79 Å². The lowest BCUT2D eigenvalue weighted by Gasteiger charge is -2.32. The molecule has 0 saturated carbocycles. The molecule has 0 aliphatic carbocycles. The van der Waals surface area contributed by atoms with E-state index in [-0.39, 0.29) is 25.1 Å². The number of aliphatic carboxylic acids is 1. The van der Waals surface area contributed by atoms with Crippen molar-refractivity contribution in [3.8, 4) is 11.8 Å². The Morgan fingerprint density at radius 3 is 3.00 bits per heavy atom. The van der Waals surface area contributed by atoms with Gasteiger partial charge in [0, 0.05) is 17.9 Å². The number of nitrogens with zero attached hydrogens (tertiary/aromatic N) is 1. The molecule has 150 valence electrons. The predicted molar refractivity (Wildman–Crippen MR) is 106 cm³/mol. The fraction of sp³-hybridized carbons (Fsp3) is 0.429. The van der Waals surface area contributed by atoms with Crippen molar-refractivity contribution in [1.29, 1.82) is 0 Å². The molecular weight excluding hydrogens is 382 g/mol. The number of piperidine rings is 1. The number of carboxylic acids is 1. The zero-order valence-corrected chi connectivity index (χ0v) is 16.3. The Labute approximate surface area is 169 Å². The Morgan fingerprint density at radius 1 is 1.43 bits per heavy atom. The second kappa shape index (κ2) is 11.5. The molecule has 1 unspecified atom stereocenters. The van der Waals surface area contributed by atoms with Gasteiger partial charge >= 0.3 is 5.97 Å². The molecule has 0 bridgehead atoms. The summed E-state index contributed by atoms with van der Waals surface area (Å²) in [6.45, 7) is -0.144. The average Bonchev–Trinajstić information content (AvgIpc) is 2.64. The highest BCUT2D eigenvalue weighted by atomic mass is 35.5.